The molecular weight excluding hydrogens is 191 g/mol. The number of alkyl halides is 1. The summed E-state index contributed by atoms with van der Waals surface area (Å²) in [6.45, 7) is 0. The Kier molecular flexibility index (Phi) is 3.77. The second-order valence-electron chi connectivity index (χ2n) is 2.55. The number of hydrogen-bond donors (Lipinski definition) is 1. The van der Waals surface area contributed by atoms with Crippen molar-refractivity contribution in [3.63, 3.8) is 0 Å². The predicted octanol–water partition coefficient (Wildman–Crippen LogP) is 3.17. The average molecular weight is 201 g/mol. The molecule has 1 aromatic rings. The highest BCUT2D eigenvalue weighted by Gasteiger charge is 2.02. The minimum Gasteiger partial charge on any atom is -0.507 e. The lowest BCUT2D eigenvalue weighted by molar-refractivity contribution is 0.467. The summed E-state index contributed by atoms with van der Waals surface area (Å²) in [6.07, 6.45) is 3.92. The van der Waals surface area contributed by atoms with Crippen LogP contribution in [0.3, 0.4) is 0 Å². The van der Waals surface area contributed by atoms with Crippen molar-refractivity contribution in [1.82, 2.24) is 0 Å². The van der Waals surface area contributed by atoms with Gasteiger partial charge in [-0.15, -0.1) is 11.6 Å². The van der Waals surface area contributed by atoms with Gasteiger partial charge in [0.15, 0.2) is 0 Å². The van der Waals surface area contributed by atoms with Crippen LogP contribution in [-0.2, 0) is 0 Å². The second kappa shape index (κ2) is 4.87. The molecule has 1 rings (SSSR count). The molecule has 0 unspecified atom stereocenters. The lowest BCUT2D eigenvalue weighted by Gasteiger charge is -1.99. The Hall–Kier alpha value is -1.02. The van der Waals surface area contributed by atoms with E-state index >= 15 is 0 Å². The fourth-order valence-corrected chi connectivity index (χ4v) is 1.08. The molecule has 0 amide bonds. The van der Waals surface area contributed by atoms with E-state index in [1.807, 2.05) is 0 Å². The monoisotopic (exact) mass is 200 g/mol. The summed E-state index contributed by atoms with van der Waals surface area (Å²) in [4.78, 5) is 0. The highest BCUT2D eigenvalue weighted by Crippen LogP contribution is 2.21. The quantitative estimate of drug-likeness (QED) is 0.744. The molecular formula is C10H10ClFO. The summed E-state index contributed by atoms with van der Waals surface area (Å²) >= 11 is 5.44. The van der Waals surface area contributed by atoms with Gasteiger partial charge in [-0.25, -0.2) is 4.39 Å². The van der Waals surface area contributed by atoms with Crippen LogP contribution in [0.4, 0.5) is 4.39 Å². The summed E-state index contributed by atoms with van der Waals surface area (Å²) < 4.78 is 13.0. The van der Waals surface area contributed by atoms with Gasteiger partial charge in [-0.2, -0.15) is 0 Å². The van der Waals surface area contributed by atoms with E-state index < -0.39 is 5.82 Å². The topological polar surface area (TPSA) is 20.2 Å². The molecule has 0 spiro atoms. The summed E-state index contributed by atoms with van der Waals surface area (Å²) in [5, 5.41) is 9.27. The maximum atomic E-state index is 13.0. The summed E-state index contributed by atoms with van der Waals surface area (Å²) in [6, 6.07) is 4.22. The van der Waals surface area contributed by atoms with Gasteiger partial charge in [0, 0.05) is 5.88 Å². The summed E-state index contributed by atoms with van der Waals surface area (Å²) in [7, 11) is 0. The van der Waals surface area contributed by atoms with Gasteiger partial charge in [0.2, 0.25) is 0 Å². The first kappa shape index (κ1) is 10.1. The van der Waals surface area contributed by atoms with Crippen LogP contribution in [0.1, 0.15) is 12.0 Å². The number of halogens is 2. The van der Waals surface area contributed by atoms with Crippen LogP contribution in [0.15, 0.2) is 24.3 Å². The van der Waals surface area contributed by atoms with E-state index in [0.29, 0.717) is 12.3 Å². The van der Waals surface area contributed by atoms with E-state index in [1.54, 1.807) is 6.08 Å². The van der Waals surface area contributed by atoms with E-state index in [0.717, 1.165) is 0 Å². The molecule has 0 atom stereocenters. The molecule has 0 radical (unpaired) electrons. The van der Waals surface area contributed by atoms with Gasteiger partial charge in [0.05, 0.1) is 5.56 Å². The average Bonchev–Trinajstić information content (AvgIpc) is 2.10. The van der Waals surface area contributed by atoms with Crippen LogP contribution in [0, 0.1) is 5.82 Å². The largest absolute Gasteiger partial charge is 0.507 e. The summed E-state index contributed by atoms with van der Waals surface area (Å²) in [5.74, 6) is 0.0165. The molecule has 0 bridgehead atoms. The Morgan fingerprint density at radius 3 is 2.85 bits per heavy atom. The van der Waals surface area contributed by atoms with Gasteiger partial charge < -0.3 is 5.11 Å². The van der Waals surface area contributed by atoms with Crippen molar-refractivity contribution < 1.29 is 9.50 Å². The molecule has 13 heavy (non-hydrogen) atoms. The minimum absolute atomic E-state index is 0.0502. The van der Waals surface area contributed by atoms with Crippen LogP contribution in [0.2, 0.25) is 0 Å². The third kappa shape index (κ3) is 2.74. The first-order valence-electron chi connectivity index (χ1n) is 3.95. The van der Waals surface area contributed by atoms with Crippen molar-refractivity contribution in [2.45, 2.75) is 6.42 Å². The maximum absolute atomic E-state index is 13.0. The molecule has 0 fully saturated rings. The van der Waals surface area contributed by atoms with E-state index in [4.69, 9.17) is 11.6 Å². The Morgan fingerprint density at radius 2 is 2.23 bits per heavy atom. The van der Waals surface area contributed by atoms with Crippen LogP contribution in [0.25, 0.3) is 6.08 Å². The Morgan fingerprint density at radius 1 is 1.46 bits per heavy atom. The zero-order chi connectivity index (χ0) is 9.68. The lowest BCUT2D eigenvalue weighted by atomic mass is 10.1. The third-order valence-corrected chi connectivity index (χ3v) is 1.81. The van der Waals surface area contributed by atoms with Crippen LogP contribution in [0.5, 0.6) is 5.75 Å². The number of benzene rings is 1. The molecule has 0 heterocycles. The van der Waals surface area contributed by atoms with E-state index in [2.05, 4.69) is 0 Å². The molecule has 0 aliphatic rings. The number of rotatable bonds is 3. The first-order chi connectivity index (χ1) is 6.25. The molecule has 1 N–H and O–H groups in total. The zero-order valence-electron chi connectivity index (χ0n) is 7.00. The zero-order valence-corrected chi connectivity index (χ0v) is 7.76. The van der Waals surface area contributed by atoms with Crippen molar-refractivity contribution in [2.75, 3.05) is 5.88 Å². The Bertz CT molecular complexity index is 290. The smallest absolute Gasteiger partial charge is 0.134 e. The highest BCUT2D eigenvalue weighted by atomic mass is 35.5. The van der Waals surface area contributed by atoms with Gasteiger partial charge in [-0.05, 0) is 18.6 Å². The van der Waals surface area contributed by atoms with Gasteiger partial charge in [0.25, 0.3) is 0 Å². The minimum atomic E-state index is -0.425. The standard InChI is InChI=1S/C10H10ClFO/c11-7-2-1-4-8-9(12)5-3-6-10(8)13/h1,3-6,13H,2,7H2. The first-order valence-corrected chi connectivity index (χ1v) is 4.49. The molecule has 0 aromatic heterocycles. The molecule has 0 saturated carbocycles. The predicted molar refractivity (Wildman–Crippen MR) is 52.4 cm³/mol. The molecule has 0 aliphatic heterocycles. The normalized spacial score (nSPS) is 10.9. The SMILES string of the molecule is Oc1cccc(F)c1C=CCCCl. The van der Waals surface area contributed by atoms with Crippen molar-refractivity contribution in [3.8, 4) is 5.75 Å². The van der Waals surface area contributed by atoms with E-state index in [1.165, 1.54) is 24.3 Å². The Balaban J connectivity index is 2.87. The van der Waals surface area contributed by atoms with Crippen LogP contribution >= 0.6 is 11.6 Å². The summed E-state index contributed by atoms with van der Waals surface area (Å²) in [5.41, 5.74) is 0.215. The molecule has 3 heteroatoms. The number of aromatic hydroxyl groups is 1. The van der Waals surface area contributed by atoms with Crippen molar-refractivity contribution >= 4 is 17.7 Å². The molecule has 0 saturated heterocycles. The lowest BCUT2D eigenvalue weighted by Crippen LogP contribution is -1.81. The highest BCUT2D eigenvalue weighted by molar-refractivity contribution is 6.17. The molecule has 1 aromatic carbocycles. The van der Waals surface area contributed by atoms with Crippen LogP contribution < -0.4 is 0 Å². The molecule has 0 aliphatic carbocycles. The number of hydrogen-bond acceptors (Lipinski definition) is 1. The maximum Gasteiger partial charge on any atom is 0.134 e. The fraction of sp³-hybridized carbons (Fsp3) is 0.200. The van der Waals surface area contributed by atoms with E-state index in [-0.39, 0.29) is 11.3 Å². The van der Waals surface area contributed by atoms with Crippen LogP contribution in [-0.4, -0.2) is 11.0 Å². The fourth-order valence-electron chi connectivity index (χ4n) is 0.955. The van der Waals surface area contributed by atoms with Gasteiger partial charge in [-0.3, -0.25) is 0 Å². The van der Waals surface area contributed by atoms with Crippen molar-refractivity contribution in [3.05, 3.63) is 35.7 Å². The number of phenols is 1. The molecule has 1 nitrogen and oxygen atoms in total. The van der Waals surface area contributed by atoms with Gasteiger partial charge >= 0.3 is 0 Å². The van der Waals surface area contributed by atoms with Gasteiger partial charge in [0.1, 0.15) is 11.6 Å². The van der Waals surface area contributed by atoms with Crippen molar-refractivity contribution in [1.29, 1.82) is 0 Å². The number of phenolic OH excluding ortho intramolecular Hbond substituents is 1. The molecule has 70 valence electrons. The third-order valence-electron chi connectivity index (χ3n) is 1.59. The second-order valence-corrected chi connectivity index (χ2v) is 2.93. The van der Waals surface area contributed by atoms with E-state index in [9.17, 15) is 9.50 Å². The van der Waals surface area contributed by atoms with Crippen molar-refractivity contribution in [2.24, 2.45) is 0 Å². The number of allylic oxidation sites excluding steroid dienone is 1. The Labute approximate surface area is 81.5 Å². The van der Waals surface area contributed by atoms with Gasteiger partial charge in [-0.1, -0.05) is 18.2 Å².